The maximum Gasteiger partial charge on any atom is 0.161 e. The molecule has 0 saturated carbocycles. The monoisotopic (exact) mass is 220 g/mol. The van der Waals surface area contributed by atoms with Crippen molar-refractivity contribution in [3.63, 3.8) is 0 Å². The lowest BCUT2D eigenvalue weighted by Gasteiger charge is -1.97. The Morgan fingerprint density at radius 3 is 2.93 bits per heavy atom. The molecule has 0 bridgehead atoms. The minimum atomic E-state index is 0.101. The first kappa shape index (κ1) is 10.1. The Kier molecular flexibility index (Phi) is 2.68. The van der Waals surface area contributed by atoms with Gasteiger partial charge < -0.3 is 4.57 Å². The molecule has 0 saturated heterocycles. The second kappa shape index (κ2) is 3.98. The molecule has 0 aromatic carbocycles. The van der Waals surface area contributed by atoms with Crippen molar-refractivity contribution in [2.75, 3.05) is 0 Å². The van der Waals surface area contributed by atoms with E-state index in [2.05, 4.69) is 4.98 Å². The van der Waals surface area contributed by atoms with Crippen molar-refractivity contribution in [2.45, 2.75) is 20.4 Å². The van der Waals surface area contributed by atoms with Crippen molar-refractivity contribution in [3.8, 4) is 0 Å². The van der Waals surface area contributed by atoms with Crippen LogP contribution in [0.2, 0.25) is 0 Å². The molecule has 0 N–H and O–H groups in total. The van der Waals surface area contributed by atoms with Gasteiger partial charge in [0.1, 0.15) is 5.01 Å². The molecule has 3 nitrogen and oxygen atoms in total. The minimum absolute atomic E-state index is 0.101. The van der Waals surface area contributed by atoms with Crippen LogP contribution in [0.4, 0.5) is 0 Å². The molecule has 78 valence electrons. The Hall–Kier alpha value is -1.42. The van der Waals surface area contributed by atoms with E-state index in [1.165, 1.54) is 0 Å². The molecule has 0 atom stereocenters. The van der Waals surface area contributed by atoms with Crippen LogP contribution in [0.1, 0.15) is 28.0 Å². The number of aromatic nitrogens is 2. The maximum absolute atomic E-state index is 11.1. The van der Waals surface area contributed by atoms with Crippen molar-refractivity contribution in [1.82, 2.24) is 9.55 Å². The van der Waals surface area contributed by atoms with E-state index in [1.807, 2.05) is 35.3 Å². The predicted molar refractivity (Wildman–Crippen MR) is 60.4 cm³/mol. The van der Waals surface area contributed by atoms with Gasteiger partial charge in [0.05, 0.1) is 6.54 Å². The second-order valence-corrected chi connectivity index (χ2v) is 4.45. The zero-order valence-corrected chi connectivity index (χ0v) is 9.54. The third kappa shape index (κ3) is 2.33. The van der Waals surface area contributed by atoms with Gasteiger partial charge in [-0.15, -0.1) is 11.3 Å². The smallest absolute Gasteiger partial charge is 0.161 e. The van der Waals surface area contributed by atoms with Gasteiger partial charge in [-0.2, -0.15) is 0 Å². The van der Waals surface area contributed by atoms with Crippen molar-refractivity contribution in [2.24, 2.45) is 0 Å². The summed E-state index contributed by atoms with van der Waals surface area (Å²) in [6.07, 6.45) is 3.77. The molecule has 2 aromatic rings. The second-order valence-electron chi connectivity index (χ2n) is 3.51. The van der Waals surface area contributed by atoms with Gasteiger partial charge in [-0.1, -0.05) is 0 Å². The van der Waals surface area contributed by atoms with Crippen molar-refractivity contribution >= 4 is 17.1 Å². The van der Waals surface area contributed by atoms with Gasteiger partial charge in [-0.05, 0) is 19.9 Å². The lowest BCUT2D eigenvalue weighted by atomic mass is 10.2. The number of Topliss-reactive ketones (excluding diaryl/α,β-unsaturated/α-hetero) is 1. The first-order valence-electron chi connectivity index (χ1n) is 4.73. The highest BCUT2D eigenvalue weighted by molar-refractivity contribution is 7.09. The minimum Gasteiger partial charge on any atom is -0.347 e. The van der Waals surface area contributed by atoms with E-state index < -0.39 is 0 Å². The number of nitrogens with zero attached hydrogens (tertiary/aromatic N) is 2. The van der Waals surface area contributed by atoms with Gasteiger partial charge in [-0.25, -0.2) is 4.98 Å². The maximum atomic E-state index is 11.1. The van der Waals surface area contributed by atoms with E-state index in [-0.39, 0.29) is 5.78 Å². The fourth-order valence-electron chi connectivity index (χ4n) is 1.38. The molecule has 15 heavy (non-hydrogen) atoms. The molecule has 0 aliphatic rings. The Morgan fingerprint density at radius 2 is 2.40 bits per heavy atom. The van der Waals surface area contributed by atoms with E-state index >= 15 is 0 Å². The molecular weight excluding hydrogens is 208 g/mol. The van der Waals surface area contributed by atoms with Crippen LogP contribution in [-0.2, 0) is 6.54 Å². The van der Waals surface area contributed by atoms with Crippen LogP contribution in [0.25, 0.3) is 0 Å². The number of rotatable bonds is 3. The quantitative estimate of drug-likeness (QED) is 0.745. The first-order valence-corrected chi connectivity index (χ1v) is 5.61. The topological polar surface area (TPSA) is 34.9 Å². The van der Waals surface area contributed by atoms with E-state index in [1.54, 1.807) is 18.3 Å². The van der Waals surface area contributed by atoms with E-state index in [0.29, 0.717) is 0 Å². The number of carbonyl (C=O) groups excluding carboxylic acids is 1. The van der Waals surface area contributed by atoms with E-state index in [0.717, 1.165) is 22.8 Å². The summed E-state index contributed by atoms with van der Waals surface area (Å²) in [6, 6.07) is 1.84. The molecule has 4 heteroatoms. The number of thiazole rings is 1. The summed E-state index contributed by atoms with van der Waals surface area (Å²) in [5, 5.41) is 3.10. The number of hydrogen-bond acceptors (Lipinski definition) is 3. The zero-order valence-electron chi connectivity index (χ0n) is 8.73. The summed E-state index contributed by atoms with van der Waals surface area (Å²) in [7, 11) is 0. The standard InChI is InChI=1S/C11H12N2OS/c1-8-7-15-11(12-8)6-13-4-3-10(5-13)9(2)14/h3-5,7H,6H2,1-2H3. The van der Waals surface area contributed by atoms with Crippen LogP contribution < -0.4 is 0 Å². The Bertz CT molecular complexity index is 484. The van der Waals surface area contributed by atoms with Gasteiger partial charge in [0.25, 0.3) is 0 Å². The molecule has 0 fully saturated rings. The molecule has 0 aliphatic carbocycles. The zero-order chi connectivity index (χ0) is 10.8. The normalized spacial score (nSPS) is 10.5. The SMILES string of the molecule is CC(=O)c1ccn(Cc2nc(C)cs2)c1. The Balaban J connectivity index is 2.14. The fourth-order valence-corrected chi connectivity index (χ4v) is 2.16. The van der Waals surface area contributed by atoms with Gasteiger partial charge in [-0.3, -0.25) is 4.79 Å². The first-order chi connectivity index (χ1) is 7.15. The van der Waals surface area contributed by atoms with Crippen LogP contribution >= 0.6 is 11.3 Å². The molecule has 0 radical (unpaired) electrons. The van der Waals surface area contributed by atoms with Crippen LogP contribution in [0.5, 0.6) is 0 Å². The van der Waals surface area contributed by atoms with E-state index in [4.69, 9.17) is 0 Å². The highest BCUT2D eigenvalue weighted by Gasteiger charge is 2.03. The Morgan fingerprint density at radius 1 is 1.60 bits per heavy atom. The summed E-state index contributed by atoms with van der Waals surface area (Å²) in [5.74, 6) is 0.101. The van der Waals surface area contributed by atoms with Crippen molar-refractivity contribution in [3.05, 3.63) is 40.1 Å². The van der Waals surface area contributed by atoms with Gasteiger partial charge in [0, 0.05) is 29.0 Å². The molecule has 0 aliphatic heterocycles. The summed E-state index contributed by atoms with van der Waals surface area (Å²) in [5.41, 5.74) is 1.80. The van der Waals surface area contributed by atoms with Gasteiger partial charge in [0.2, 0.25) is 0 Å². The summed E-state index contributed by atoms with van der Waals surface area (Å²) in [4.78, 5) is 15.5. The molecule has 2 rings (SSSR count). The molecule has 0 amide bonds. The molecule has 2 heterocycles. The summed E-state index contributed by atoms with van der Waals surface area (Å²) < 4.78 is 1.98. The largest absolute Gasteiger partial charge is 0.347 e. The predicted octanol–water partition coefficient (Wildman–Crippen LogP) is 2.50. The summed E-state index contributed by atoms with van der Waals surface area (Å²) in [6.45, 7) is 4.30. The van der Waals surface area contributed by atoms with Crippen LogP contribution in [0.3, 0.4) is 0 Å². The highest BCUT2D eigenvalue weighted by atomic mass is 32.1. The number of aryl methyl sites for hydroxylation is 1. The average molecular weight is 220 g/mol. The molecule has 2 aromatic heterocycles. The molecular formula is C11H12N2OS. The van der Waals surface area contributed by atoms with Crippen molar-refractivity contribution in [1.29, 1.82) is 0 Å². The number of carbonyl (C=O) groups is 1. The fraction of sp³-hybridized carbons (Fsp3) is 0.273. The number of hydrogen-bond donors (Lipinski definition) is 0. The lowest BCUT2D eigenvalue weighted by Crippen LogP contribution is -1.96. The third-order valence-corrected chi connectivity index (χ3v) is 3.09. The third-order valence-electron chi connectivity index (χ3n) is 2.14. The molecule has 0 spiro atoms. The van der Waals surface area contributed by atoms with E-state index in [9.17, 15) is 4.79 Å². The van der Waals surface area contributed by atoms with Crippen molar-refractivity contribution < 1.29 is 4.79 Å². The lowest BCUT2D eigenvalue weighted by molar-refractivity contribution is 0.101. The molecule has 0 unspecified atom stereocenters. The van der Waals surface area contributed by atoms with Gasteiger partial charge in [0.15, 0.2) is 5.78 Å². The average Bonchev–Trinajstić information content (AvgIpc) is 2.76. The van der Waals surface area contributed by atoms with Gasteiger partial charge >= 0.3 is 0 Å². The number of ketones is 1. The Labute approximate surface area is 92.4 Å². The van der Waals surface area contributed by atoms with Crippen LogP contribution in [-0.4, -0.2) is 15.3 Å². The van der Waals surface area contributed by atoms with Crippen LogP contribution in [0.15, 0.2) is 23.8 Å². The highest BCUT2D eigenvalue weighted by Crippen LogP contribution is 2.11. The summed E-state index contributed by atoms with van der Waals surface area (Å²) >= 11 is 1.65. The van der Waals surface area contributed by atoms with Crippen LogP contribution in [0, 0.1) is 6.92 Å².